The predicted molar refractivity (Wildman–Crippen MR) is 201 cm³/mol. The summed E-state index contributed by atoms with van der Waals surface area (Å²) in [7, 11) is 2.13. The maximum absolute atomic E-state index is 6.70. The topological polar surface area (TPSA) is 33.5 Å². The number of rotatable bonds is 4. The van der Waals surface area contributed by atoms with Gasteiger partial charge in [0, 0.05) is 30.3 Å². The van der Waals surface area contributed by atoms with E-state index in [4.69, 9.17) is 9.72 Å². The van der Waals surface area contributed by atoms with Crippen molar-refractivity contribution in [2.24, 2.45) is 0 Å². The number of nitrogens with zero attached hydrogens (tertiary/aromatic N) is 4. The van der Waals surface area contributed by atoms with Crippen LogP contribution in [0.3, 0.4) is 0 Å². The molecule has 4 aromatic carbocycles. The summed E-state index contributed by atoms with van der Waals surface area (Å²) in [5.41, 5.74) is 9.05. The Hall–Kier alpha value is -4.08. The Bertz CT molecular complexity index is 2180. The summed E-state index contributed by atoms with van der Waals surface area (Å²) >= 11 is 0. The van der Waals surface area contributed by atoms with E-state index in [9.17, 15) is 0 Å². The fourth-order valence-corrected chi connectivity index (χ4v) is 6.56. The standard InChI is InChI=1S/C43H46N4O.Pt/c1-41(2,3)28-15-18-36-35(23-28)34-17-16-32(26-39(34)47(36)40-24-29(19-20-44-40)42(4,5)6)48-33-22-30(43(7,8)9)21-31(25-33)46-27-45(10)37-13-11-12-14-38(37)46;/h11-24H,27H2,1-10H3;/q-2;+2. The largest absolute Gasteiger partial charge is 2.00 e. The predicted octanol–water partition coefficient (Wildman–Crippen LogP) is 11.0. The Balaban J connectivity index is 0.00000417. The molecule has 49 heavy (non-hydrogen) atoms. The summed E-state index contributed by atoms with van der Waals surface area (Å²) in [5, 5.41) is 2.31. The Morgan fingerprint density at radius 2 is 1.33 bits per heavy atom. The molecule has 0 bridgehead atoms. The Morgan fingerprint density at radius 3 is 2.02 bits per heavy atom. The zero-order chi connectivity index (χ0) is 34.2. The van der Waals surface area contributed by atoms with Crippen LogP contribution in [0.4, 0.5) is 17.1 Å². The zero-order valence-corrected chi connectivity index (χ0v) is 32.6. The summed E-state index contributed by atoms with van der Waals surface area (Å²) in [6.45, 7) is 20.9. The SMILES string of the molecule is CN1CN(c2[c-]c(Oc3[c-]c4c(cc3)c3cc(C(C)(C)C)ccc3n4-c3cc(C(C)(C)C)ccn3)cc(C(C)(C)C)c2)c2ccccc21.[Pt+2]. The molecule has 1 aliphatic rings. The van der Waals surface area contributed by atoms with Crippen LogP contribution < -0.4 is 14.5 Å². The van der Waals surface area contributed by atoms with Crippen LogP contribution in [0.5, 0.6) is 11.5 Å². The van der Waals surface area contributed by atoms with Gasteiger partial charge in [-0.3, -0.25) is 0 Å². The van der Waals surface area contributed by atoms with E-state index in [1.807, 2.05) is 12.3 Å². The van der Waals surface area contributed by atoms with Crippen LogP contribution in [0.2, 0.25) is 0 Å². The molecule has 0 saturated carbocycles. The average Bonchev–Trinajstić information content (AvgIpc) is 3.53. The summed E-state index contributed by atoms with van der Waals surface area (Å²) in [5.74, 6) is 2.19. The second-order valence-electron chi connectivity index (χ2n) is 16.3. The van der Waals surface area contributed by atoms with Gasteiger partial charge < -0.3 is 19.1 Å². The van der Waals surface area contributed by atoms with E-state index in [1.165, 1.54) is 33.5 Å². The van der Waals surface area contributed by atoms with E-state index in [-0.39, 0.29) is 37.3 Å². The zero-order valence-electron chi connectivity index (χ0n) is 30.3. The smallest absolute Gasteiger partial charge is 0.509 e. The van der Waals surface area contributed by atoms with Crippen LogP contribution in [0.25, 0.3) is 27.6 Å². The van der Waals surface area contributed by atoms with Crippen molar-refractivity contribution in [3.05, 3.63) is 114 Å². The van der Waals surface area contributed by atoms with E-state index in [0.717, 1.165) is 34.6 Å². The summed E-state index contributed by atoms with van der Waals surface area (Å²) in [6.07, 6.45) is 1.92. The van der Waals surface area contributed by atoms with Crippen LogP contribution >= 0.6 is 0 Å². The molecular weight excluding hydrogens is 784 g/mol. The first-order valence-corrected chi connectivity index (χ1v) is 16.9. The molecule has 254 valence electrons. The van der Waals surface area contributed by atoms with Crippen molar-refractivity contribution < 1.29 is 25.8 Å². The number of anilines is 3. The number of hydrogen-bond donors (Lipinski definition) is 0. The molecule has 6 aromatic rings. The number of para-hydroxylation sites is 2. The molecule has 0 spiro atoms. The van der Waals surface area contributed by atoms with E-state index < -0.39 is 0 Å². The van der Waals surface area contributed by atoms with Gasteiger partial charge in [0.25, 0.3) is 0 Å². The molecule has 1 aliphatic heterocycles. The third-order valence-electron chi connectivity index (χ3n) is 9.50. The molecule has 0 fully saturated rings. The summed E-state index contributed by atoms with van der Waals surface area (Å²) < 4.78 is 8.93. The monoisotopic (exact) mass is 829 g/mol. The maximum atomic E-state index is 6.70. The number of fused-ring (bicyclic) bond motifs is 4. The Labute approximate surface area is 306 Å². The minimum Gasteiger partial charge on any atom is -0.509 e. The third-order valence-corrected chi connectivity index (χ3v) is 9.50. The molecule has 0 radical (unpaired) electrons. The van der Waals surface area contributed by atoms with Crippen LogP contribution in [0.15, 0.2) is 85.1 Å². The molecule has 0 amide bonds. The van der Waals surface area contributed by atoms with Crippen LogP contribution in [-0.2, 0) is 37.3 Å². The van der Waals surface area contributed by atoms with Crippen molar-refractivity contribution in [3.8, 4) is 17.3 Å². The fraction of sp³-hybridized carbons (Fsp3) is 0.326. The maximum Gasteiger partial charge on any atom is 2.00 e. The Morgan fingerprint density at radius 1 is 0.653 bits per heavy atom. The molecule has 0 unspecified atom stereocenters. The van der Waals surface area contributed by atoms with Gasteiger partial charge in [0.2, 0.25) is 0 Å². The molecule has 0 atom stereocenters. The van der Waals surface area contributed by atoms with E-state index >= 15 is 0 Å². The van der Waals surface area contributed by atoms with Crippen LogP contribution in [0, 0.1) is 12.1 Å². The van der Waals surface area contributed by atoms with Gasteiger partial charge in [-0.15, -0.1) is 41.3 Å². The van der Waals surface area contributed by atoms with Gasteiger partial charge in [0.05, 0.1) is 18.0 Å². The molecule has 0 N–H and O–H groups in total. The van der Waals surface area contributed by atoms with Crippen molar-refractivity contribution in [1.29, 1.82) is 0 Å². The summed E-state index contributed by atoms with van der Waals surface area (Å²) in [4.78, 5) is 9.46. The molecule has 7 rings (SSSR count). The van der Waals surface area contributed by atoms with Gasteiger partial charge in [0.15, 0.2) is 0 Å². The van der Waals surface area contributed by atoms with Crippen molar-refractivity contribution >= 4 is 38.9 Å². The number of hydrogen-bond acceptors (Lipinski definition) is 4. The van der Waals surface area contributed by atoms with E-state index in [2.05, 4.69) is 169 Å². The Kier molecular flexibility index (Phi) is 8.77. The molecule has 3 heterocycles. The minimum atomic E-state index is -0.0816. The molecule has 5 nitrogen and oxygen atoms in total. The van der Waals surface area contributed by atoms with Gasteiger partial charge >= 0.3 is 21.1 Å². The van der Waals surface area contributed by atoms with Crippen LogP contribution in [-0.4, -0.2) is 23.3 Å². The van der Waals surface area contributed by atoms with Crippen molar-refractivity contribution in [1.82, 2.24) is 9.55 Å². The fourth-order valence-electron chi connectivity index (χ4n) is 6.56. The van der Waals surface area contributed by atoms with Crippen molar-refractivity contribution in [2.45, 2.75) is 78.6 Å². The number of pyridine rings is 1. The van der Waals surface area contributed by atoms with Crippen LogP contribution in [0.1, 0.15) is 79.0 Å². The van der Waals surface area contributed by atoms with Gasteiger partial charge in [-0.05, 0) is 63.1 Å². The molecular formula is C43H46N4OPt. The second-order valence-corrected chi connectivity index (χ2v) is 16.3. The quantitative estimate of drug-likeness (QED) is 0.166. The first kappa shape index (κ1) is 34.8. The van der Waals surface area contributed by atoms with Crippen molar-refractivity contribution in [2.75, 3.05) is 23.5 Å². The van der Waals surface area contributed by atoms with Crippen molar-refractivity contribution in [3.63, 3.8) is 0 Å². The molecule has 0 saturated heterocycles. The summed E-state index contributed by atoms with van der Waals surface area (Å²) in [6, 6.07) is 35.5. The van der Waals surface area contributed by atoms with E-state index in [1.54, 1.807) is 0 Å². The average molecular weight is 830 g/mol. The first-order chi connectivity index (χ1) is 22.6. The number of aromatic nitrogens is 2. The molecule has 6 heteroatoms. The third kappa shape index (κ3) is 6.51. The van der Waals surface area contributed by atoms with Gasteiger partial charge in [-0.25, -0.2) is 4.98 Å². The molecule has 2 aromatic heterocycles. The number of ether oxygens (including phenoxy) is 1. The van der Waals surface area contributed by atoms with Gasteiger partial charge in [-0.2, -0.15) is 6.07 Å². The normalized spacial score (nSPS) is 13.6. The van der Waals surface area contributed by atoms with E-state index in [0.29, 0.717) is 11.5 Å². The number of benzene rings is 4. The van der Waals surface area contributed by atoms with Gasteiger partial charge in [-0.1, -0.05) is 97.8 Å². The molecule has 0 aliphatic carbocycles. The van der Waals surface area contributed by atoms with Gasteiger partial charge in [0.1, 0.15) is 5.82 Å². The minimum absolute atomic E-state index is 0. The second kappa shape index (κ2) is 12.4. The first-order valence-electron chi connectivity index (χ1n) is 16.9.